The van der Waals surface area contributed by atoms with E-state index in [9.17, 15) is 0 Å². The molecule has 1 aliphatic rings. The van der Waals surface area contributed by atoms with Crippen molar-refractivity contribution in [2.24, 2.45) is 29.6 Å². The van der Waals surface area contributed by atoms with E-state index in [1.807, 2.05) is 7.11 Å². The van der Waals surface area contributed by atoms with Crippen LogP contribution in [0.5, 0.6) is 0 Å². The SMILES string of the molecule is COCC(C)C1CC(C)CCC1CNCC(C)C. The van der Waals surface area contributed by atoms with E-state index in [2.05, 4.69) is 33.0 Å². The molecule has 0 spiro atoms. The van der Waals surface area contributed by atoms with Gasteiger partial charge in [0, 0.05) is 13.7 Å². The molecule has 0 amide bonds. The number of methoxy groups -OCH3 is 1. The molecular formula is C16H33NO. The van der Waals surface area contributed by atoms with Gasteiger partial charge in [0.25, 0.3) is 0 Å². The molecule has 1 aliphatic carbocycles. The van der Waals surface area contributed by atoms with Crippen LogP contribution in [0, 0.1) is 29.6 Å². The number of ether oxygens (including phenoxy) is 1. The van der Waals surface area contributed by atoms with Crippen molar-refractivity contribution in [2.45, 2.75) is 47.0 Å². The fourth-order valence-electron chi connectivity index (χ4n) is 3.38. The lowest BCUT2D eigenvalue weighted by Gasteiger charge is -2.38. The quantitative estimate of drug-likeness (QED) is 0.751. The molecule has 0 radical (unpaired) electrons. The lowest BCUT2D eigenvalue weighted by molar-refractivity contribution is 0.0686. The molecule has 2 nitrogen and oxygen atoms in total. The Kier molecular flexibility index (Phi) is 7.25. The zero-order chi connectivity index (χ0) is 13.5. The van der Waals surface area contributed by atoms with Crippen molar-refractivity contribution >= 4 is 0 Å². The van der Waals surface area contributed by atoms with E-state index in [4.69, 9.17) is 4.74 Å². The van der Waals surface area contributed by atoms with Crippen LogP contribution < -0.4 is 5.32 Å². The van der Waals surface area contributed by atoms with E-state index in [1.54, 1.807) is 0 Å². The normalized spacial score (nSPS) is 30.7. The molecule has 1 fully saturated rings. The third kappa shape index (κ3) is 5.27. The summed E-state index contributed by atoms with van der Waals surface area (Å²) in [5, 5.41) is 3.66. The third-order valence-electron chi connectivity index (χ3n) is 4.43. The second-order valence-electron chi connectivity index (χ2n) is 6.83. The molecule has 1 rings (SSSR count). The smallest absolute Gasteiger partial charge is 0.0490 e. The van der Waals surface area contributed by atoms with Crippen LogP contribution in [0.3, 0.4) is 0 Å². The van der Waals surface area contributed by atoms with Gasteiger partial charge in [-0.3, -0.25) is 0 Å². The molecule has 1 N–H and O–H groups in total. The molecule has 0 aromatic carbocycles. The second-order valence-corrected chi connectivity index (χ2v) is 6.83. The lowest BCUT2D eigenvalue weighted by Crippen LogP contribution is -2.37. The first-order chi connectivity index (χ1) is 8.54. The largest absolute Gasteiger partial charge is 0.384 e. The highest BCUT2D eigenvalue weighted by molar-refractivity contribution is 4.83. The van der Waals surface area contributed by atoms with Gasteiger partial charge >= 0.3 is 0 Å². The molecule has 2 heteroatoms. The fraction of sp³-hybridized carbons (Fsp3) is 1.00. The van der Waals surface area contributed by atoms with Gasteiger partial charge in [0.2, 0.25) is 0 Å². The van der Waals surface area contributed by atoms with Crippen LogP contribution in [-0.4, -0.2) is 26.8 Å². The highest BCUT2D eigenvalue weighted by Gasteiger charge is 2.31. The Morgan fingerprint density at radius 1 is 1.22 bits per heavy atom. The molecule has 0 bridgehead atoms. The monoisotopic (exact) mass is 255 g/mol. The molecule has 1 saturated carbocycles. The van der Waals surface area contributed by atoms with Gasteiger partial charge in [0.15, 0.2) is 0 Å². The van der Waals surface area contributed by atoms with Gasteiger partial charge in [0.05, 0.1) is 0 Å². The minimum Gasteiger partial charge on any atom is -0.384 e. The van der Waals surface area contributed by atoms with Crippen molar-refractivity contribution in [2.75, 3.05) is 26.8 Å². The summed E-state index contributed by atoms with van der Waals surface area (Å²) in [5.74, 6) is 4.04. The lowest BCUT2D eigenvalue weighted by atomic mass is 9.69. The Balaban J connectivity index is 2.45. The van der Waals surface area contributed by atoms with Gasteiger partial charge in [-0.25, -0.2) is 0 Å². The minimum absolute atomic E-state index is 0.698. The van der Waals surface area contributed by atoms with E-state index in [1.165, 1.54) is 25.8 Å². The van der Waals surface area contributed by atoms with E-state index < -0.39 is 0 Å². The summed E-state index contributed by atoms with van der Waals surface area (Å²) in [5.41, 5.74) is 0. The molecule has 4 unspecified atom stereocenters. The average Bonchev–Trinajstić information content (AvgIpc) is 2.31. The first kappa shape index (κ1) is 16.0. The summed E-state index contributed by atoms with van der Waals surface area (Å²) in [6.07, 6.45) is 4.19. The van der Waals surface area contributed by atoms with Crippen molar-refractivity contribution in [1.29, 1.82) is 0 Å². The standard InChI is InChI=1S/C16H33NO/c1-12(2)9-17-10-15-7-6-13(3)8-16(15)14(4)11-18-5/h12-17H,6-11H2,1-5H3. The second kappa shape index (κ2) is 8.16. The number of hydrogen-bond acceptors (Lipinski definition) is 2. The zero-order valence-electron chi connectivity index (χ0n) is 13.0. The first-order valence-electron chi connectivity index (χ1n) is 7.74. The fourth-order valence-corrected chi connectivity index (χ4v) is 3.38. The third-order valence-corrected chi connectivity index (χ3v) is 4.43. The average molecular weight is 255 g/mol. The molecule has 0 heterocycles. The summed E-state index contributed by atoms with van der Waals surface area (Å²) in [6.45, 7) is 12.6. The van der Waals surface area contributed by atoms with Crippen LogP contribution >= 0.6 is 0 Å². The maximum atomic E-state index is 5.36. The van der Waals surface area contributed by atoms with Crippen molar-refractivity contribution in [3.05, 3.63) is 0 Å². The Labute approximate surface area is 114 Å². The number of rotatable bonds is 7. The molecule has 0 aromatic heterocycles. The maximum Gasteiger partial charge on any atom is 0.0490 e. The zero-order valence-corrected chi connectivity index (χ0v) is 13.0. The van der Waals surface area contributed by atoms with Crippen LogP contribution in [0.2, 0.25) is 0 Å². The number of hydrogen-bond donors (Lipinski definition) is 1. The van der Waals surface area contributed by atoms with E-state index in [0.29, 0.717) is 5.92 Å². The van der Waals surface area contributed by atoms with E-state index >= 15 is 0 Å². The topological polar surface area (TPSA) is 21.3 Å². The maximum absolute atomic E-state index is 5.36. The van der Waals surface area contributed by atoms with Gasteiger partial charge in [-0.05, 0) is 55.5 Å². The Morgan fingerprint density at radius 2 is 1.94 bits per heavy atom. The molecular weight excluding hydrogens is 222 g/mol. The first-order valence-corrected chi connectivity index (χ1v) is 7.74. The van der Waals surface area contributed by atoms with Crippen molar-refractivity contribution < 1.29 is 4.74 Å². The summed E-state index contributed by atoms with van der Waals surface area (Å²) in [4.78, 5) is 0. The van der Waals surface area contributed by atoms with Gasteiger partial charge in [-0.2, -0.15) is 0 Å². The van der Waals surface area contributed by atoms with Crippen molar-refractivity contribution in [1.82, 2.24) is 5.32 Å². The van der Waals surface area contributed by atoms with Crippen LogP contribution in [0.4, 0.5) is 0 Å². The Bertz CT molecular complexity index is 217. The predicted octanol–water partition coefficient (Wildman–Crippen LogP) is 3.57. The molecule has 108 valence electrons. The van der Waals surface area contributed by atoms with Gasteiger partial charge < -0.3 is 10.1 Å². The molecule has 18 heavy (non-hydrogen) atoms. The summed E-state index contributed by atoms with van der Waals surface area (Å²) in [6, 6.07) is 0. The van der Waals surface area contributed by atoms with Gasteiger partial charge in [-0.15, -0.1) is 0 Å². The van der Waals surface area contributed by atoms with Crippen LogP contribution in [0.1, 0.15) is 47.0 Å². The molecule has 4 atom stereocenters. The summed E-state index contributed by atoms with van der Waals surface area (Å²) >= 11 is 0. The van der Waals surface area contributed by atoms with Crippen LogP contribution in [0.15, 0.2) is 0 Å². The Hall–Kier alpha value is -0.0800. The van der Waals surface area contributed by atoms with Crippen LogP contribution in [0.25, 0.3) is 0 Å². The minimum atomic E-state index is 0.698. The summed E-state index contributed by atoms with van der Waals surface area (Å²) in [7, 11) is 1.83. The van der Waals surface area contributed by atoms with Crippen molar-refractivity contribution in [3.8, 4) is 0 Å². The van der Waals surface area contributed by atoms with Crippen molar-refractivity contribution in [3.63, 3.8) is 0 Å². The van der Waals surface area contributed by atoms with Crippen LogP contribution in [-0.2, 0) is 4.74 Å². The van der Waals surface area contributed by atoms with E-state index in [-0.39, 0.29) is 0 Å². The summed E-state index contributed by atoms with van der Waals surface area (Å²) < 4.78 is 5.36. The van der Waals surface area contributed by atoms with Gasteiger partial charge in [0.1, 0.15) is 0 Å². The van der Waals surface area contributed by atoms with Gasteiger partial charge in [-0.1, -0.05) is 34.1 Å². The Morgan fingerprint density at radius 3 is 2.56 bits per heavy atom. The molecule has 0 aliphatic heterocycles. The number of nitrogens with one attached hydrogen (secondary N) is 1. The molecule has 0 aromatic rings. The molecule has 0 saturated heterocycles. The predicted molar refractivity (Wildman–Crippen MR) is 78.7 cm³/mol. The highest BCUT2D eigenvalue weighted by Crippen LogP contribution is 2.37. The highest BCUT2D eigenvalue weighted by atomic mass is 16.5. The van der Waals surface area contributed by atoms with E-state index in [0.717, 1.165) is 36.8 Å².